The van der Waals surface area contributed by atoms with Crippen LogP contribution in [0.4, 0.5) is 5.69 Å². The Morgan fingerprint density at radius 2 is 2.12 bits per heavy atom. The Labute approximate surface area is 192 Å². The van der Waals surface area contributed by atoms with E-state index in [1.165, 1.54) is 0 Å². The first-order chi connectivity index (χ1) is 15.7. The van der Waals surface area contributed by atoms with Crippen LogP contribution in [0, 0.1) is 6.92 Å². The zero-order chi connectivity index (χ0) is 23.7. The van der Waals surface area contributed by atoms with Gasteiger partial charge in [0.1, 0.15) is 23.7 Å². The van der Waals surface area contributed by atoms with Gasteiger partial charge in [0.05, 0.1) is 41.8 Å². The molecule has 5 rings (SSSR count). The number of methoxy groups -OCH3 is 1. The predicted octanol–water partition coefficient (Wildman–Crippen LogP) is 4.20. The quantitative estimate of drug-likeness (QED) is 0.488. The number of fused-ring (bicyclic) bond motifs is 5. The molecule has 0 amide bonds. The molecule has 2 aliphatic heterocycles. The summed E-state index contributed by atoms with van der Waals surface area (Å²) < 4.78 is 13.0. The van der Waals surface area contributed by atoms with Crippen LogP contribution in [-0.2, 0) is 23.5 Å². The Morgan fingerprint density at radius 1 is 1.36 bits per heavy atom. The van der Waals surface area contributed by atoms with E-state index in [1.807, 2.05) is 26.0 Å². The Hall–Kier alpha value is -3.32. The van der Waals surface area contributed by atoms with Gasteiger partial charge in [0.15, 0.2) is 0 Å². The first kappa shape index (κ1) is 21.5. The van der Waals surface area contributed by atoms with Crippen molar-refractivity contribution in [2.24, 2.45) is 0 Å². The second-order valence-corrected chi connectivity index (χ2v) is 9.20. The lowest BCUT2D eigenvalue weighted by Crippen LogP contribution is -2.38. The van der Waals surface area contributed by atoms with Gasteiger partial charge in [-0.15, -0.1) is 0 Å². The van der Waals surface area contributed by atoms with Crippen LogP contribution < -0.4 is 15.6 Å². The van der Waals surface area contributed by atoms with E-state index in [0.717, 1.165) is 39.2 Å². The number of anilines is 1. The van der Waals surface area contributed by atoms with Crippen LogP contribution in [-0.4, -0.2) is 27.8 Å². The van der Waals surface area contributed by atoms with E-state index in [2.05, 4.69) is 31.8 Å². The summed E-state index contributed by atoms with van der Waals surface area (Å²) in [5.41, 5.74) is 4.65. The molecule has 1 atom stereocenters. The number of hydrogen-bond donors (Lipinski definition) is 2. The molecule has 7 nitrogen and oxygen atoms in total. The lowest BCUT2D eigenvalue weighted by Gasteiger charge is -2.35. The van der Waals surface area contributed by atoms with Gasteiger partial charge in [-0.2, -0.15) is 0 Å². The molecule has 2 aliphatic rings. The van der Waals surface area contributed by atoms with Crippen LogP contribution in [0.1, 0.15) is 49.4 Å². The maximum atomic E-state index is 13.4. The van der Waals surface area contributed by atoms with Gasteiger partial charge < -0.3 is 24.5 Å². The number of pyridine rings is 2. The number of hydrogen-bond acceptors (Lipinski definition) is 6. The Morgan fingerprint density at radius 3 is 2.79 bits per heavy atom. The van der Waals surface area contributed by atoms with Crippen LogP contribution in [0.3, 0.4) is 0 Å². The molecule has 33 heavy (non-hydrogen) atoms. The second-order valence-electron chi connectivity index (χ2n) is 9.20. The van der Waals surface area contributed by atoms with Crippen LogP contribution in [0.5, 0.6) is 5.75 Å². The molecule has 172 valence electrons. The smallest absolute Gasteiger partial charge is 0.258 e. The van der Waals surface area contributed by atoms with Crippen molar-refractivity contribution >= 4 is 16.6 Å². The fourth-order valence-corrected chi connectivity index (χ4v) is 5.04. The highest BCUT2D eigenvalue weighted by molar-refractivity contribution is 5.98. The van der Waals surface area contributed by atoms with Crippen molar-refractivity contribution in [1.82, 2.24) is 9.55 Å². The molecule has 2 aromatic heterocycles. The van der Waals surface area contributed by atoms with Gasteiger partial charge in [-0.05, 0) is 51.0 Å². The van der Waals surface area contributed by atoms with Crippen molar-refractivity contribution in [2.75, 3.05) is 12.4 Å². The zero-order valence-electron chi connectivity index (χ0n) is 19.7. The number of rotatable bonds is 4. The molecule has 0 radical (unpaired) electrons. The third-order valence-electron chi connectivity index (χ3n) is 6.76. The largest absolute Gasteiger partial charge is 0.494 e. The van der Waals surface area contributed by atoms with Gasteiger partial charge in [0.2, 0.25) is 0 Å². The molecular formula is C26H29N3O4. The maximum absolute atomic E-state index is 13.4. The monoisotopic (exact) mass is 447 g/mol. The fourth-order valence-electron chi connectivity index (χ4n) is 5.04. The minimum atomic E-state index is -1.39. The third kappa shape index (κ3) is 2.99. The summed E-state index contributed by atoms with van der Waals surface area (Å²) in [5, 5.41) is 15.7. The molecule has 4 heterocycles. The Kier molecular flexibility index (Phi) is 4.79. The van der Waals surface area contributed by atoms with E-state index in [9.17, 15) is 9.90 Å². The van der Waals surface area contributed by atoms with E-state index in [0.29, 0.717) is 29.8 Å². The Balaban J connectivity index is 1.77. The Bertz CT molecular complexity index is 1390. The average Bonchev–Trinajstić information content (AvgIpc) is 3.13. The predicted molar refractivity (Wildman–Crippen MR) is 129 cm³/mol. The molecular weight excluding hydrogens is 418 g/mol. The fraction of sp³-hybridized carbons (Fsp3) is 0.385. The van der Waals surface area contributed by atoms with Gasteiger partial charge in [0, 0.05) is 22.6 Å². The first-order valence-corrected chi connectivity index (χ1v) is 11.3. The minimum absolute atomic E-state index is 0.111. The van der Waals surface area contributed by atoms with Gasteiger partial charge in [-0.3, -0.25) is 4.79 Å². The second kappa shape index (κ2) is 7.35. The van der Waals surface area contributed by atoms with Crippen molar-refractivity contribution in [3.05, 3.63) is 63.1 Å². The highest BCUT2D eigenvalue weighted by atomic mass is 16.5. The number of aliphatic hydroxyl groups is 1. The van der Waals surface area contributed by atoms with Crippen molar-refractivity contribution in [1.29, 1.82) is 0 Å². The van der Waals surface area contributed by atoms with Crippen LogP contribution >= 0.6 is 0 Å². The highest BCUT2D eigenvalue weighted by Gasteiger charge is 2.41. The molecule has 0 spiro atoms. The molecule has 2 N–H and O–H groups in total. The van der Waals surface area contributed by atoms with E-state index in [4.69, 9.17) is 14.5 Å². The van der Waals surface area contributed by atoms with Crippen molar-refractivity contribution in [3.63, 3.8) is 0 Å². The van der Waals surface area contributed by atoms with Crippen LogP contribution in [0.15, 0.2) is 35.3 Å². The SMILES string of the molecule is C=C1OCc2c(cc3n(c2=O)Cc2cc4c(NC(C)C)c(OC)c(C)cc4nc2-3)[C@@]1(O)CC. The molecule has 3 aromatic rings. The number of aryl methyl sites for hydroxylation is 1. The highest BCUT2D eigenvalue weighted by Crippen LogP contribution is 2.43. The summed E-state index contributed by atoms with van der Waals surface area (Å²) >= 11 is 0. The lowest BCUT2D eigenvalue weighted by molar-refractivity contribution is -0.0172. The summed E-state index contributed by atoms with van der Waals surface area (Å²) in [6.45, 7) is 12.4. The number of benzene rings is 1. The average molecular weight is 448 g/mol. The molecule has 0 aliphatic carbocycles. The number of aromatic nitrogens is 2. The van der Waals surface area contributed by atoms with Gasteiger partial charge >= 0.3 is 0 Å². The molecule has 1 aromatic carbocycles. The zero-order valence-corrected chi connectivity index (χ0v) is 19.7. The normalized spacial score (nSPS) is 18.7. The molecule has 0 saturated heterocycles. The standard InChI is InChI=1S/C26H29N3O4/c1-7-26(31)15(5)33-12-18-19(26)10-21-22-16(11-29(21)25(18)30)9-17-20(28-22)8-14(4)24(32-6)23(17)27-13(2)3/h8-10,13,27,31H,5,7,11-12H2,1-4,6H3/t26-/m1/s1. The van der Waals surface area contributed by atoms with Crippen LogP contribution in [0.25, 0.3) is 22.3 Å². The number of nitrogens with zero attached hydrogens (tertiary/aromatic N) is 2. The van der Waals surface area contributed by atoms with Crippen molar-refractivity contribution < 1.29 is 14.6 Å². The number of nitrogens with one attached hydrogen (secondary N) is 1. The summed E-state index contributed by atoms with van der Waals surface area (Å²) in [6, 6.07) is 6.21. The van der Waals surface area contributed by atoms with E-state index in [1.54, 1.807) is 11.7 Å². The van der Waals surface area contributed by atoms with Gasteiger partial charge in [-0.25, -0.2) is 4.98 Å². The molecule has 0 unspecified atom stereocenters. The molecule has 7 heteroatoms. The minimum Gasteiger partial charge on any atom is -0.494 e. The number of ether oxygens (including phenoxy) is 2. The summed E-state index contributed by atoms with van der Waals surface area (Å²) in [4.78, 5) is 18.4. The molecule has 0 fully saturated rings. The lowest BCUT2D eigenvalue weighted by atomic mass is 9.84. The first-order valence-electron chi connectivity index (χ1n) is 11.3. The molecule has 0 bridgehead atoms. The summed E-state index contributed by atoms with van der Waals surface area (Å²) in [7, 11) is 1.67. The van der Waals surface area contributed by atoms with E-state index in [-0.39, 0.29) is 24.0 Å². The van der Waals surface area contributed by atoms with E-state index < -0.39 is 5.60 Å². The molecule has 0 saturated carbocycles. The van der Waals surface area contributed by atoms with Gasteiger partial charge in [0.25, 0.3) is 5.56 Å². The van der Waals surface area contributed by atoms with Crippen LogP contribution in [0.2, 0.25) is 0 Å². The van der Waals surface area contributed by atoms with Crippen molar-refractivity contribution in [2.45, 2.75) is 58.9 Å². The topological polar surface area (TPSA) is 85.6 Å². The third-order valence-corrected chi connectivity index (χ3v) is 6.76. The van der Waals surface area contributed by atoms with Gasteiger partial charge in [-0.1, -0.05) is 13.5 Å². The summed E-state index contributed by atoms with van der Waals surface area (Å²) in [5.74, 6) is 1.07. The maximum Gasteiger partial charge on any atom is 0.258 e. The van der Waals surface area contributed by atoms with E-state index >= 15 is 0 Å². The van der Waals surface area contributed by atoms with Crippen molar-refractivity contribution in [3.8, 4) is 17.1 Å². The summed E-state index contributed by atoms with van der Waals surface area (Å²) in [6.07, 6.45) is 0.364.